The van der Waals surface area contributed by atoms with E-state index < -0.39 is 5.54 Å². The summed E-state index contributed by atoms with van der Waals surface area (Å²) in [6.07, 6.45) is 1.46. The van der Waals surface area contributed by atoms with Crippen LogP contribution in [0.1, 0.15) is 29.9 Å². The second-order valence-electron chi connectivity index (χ2n) is 3.91. The molecule has 0 bridgehead atoms. The minimum Gasteiger partial charge on any atom is -0.394 e. The highest BCUT2D eigenvalue weighted by atomic mass is 16.3. The van der Waals surface area contributed by atoms with E-state index in [1.807, 2.05) is 6.07 Å². The van der Waals surface area contributed by atoms with Crippen LogP contribution in [0.25, 0.3) is 0 Å². The molecule has 0 saturated carbocycles. The number of hydrogen-bond acceptors (Lipinski definition) is 3. The van der Waals surface area contributed by atoms with Crippen molar-refractivity contribution < 1.29 is 9.90 Å². The van der Waals surface area contributed by atoms with E-state index in [2.05, 4.69) is 10.3 Å². The molecule has 0 saturated heterocycles. The number of aromatic amines is 1. The molecule has 0 radical (unpaired) electrons. The van der Waals surface area contributed by atoms with E-state index in [0.717, 1.165) is 0 Å². The van der Waals surface area contributed by atoms with Gasteiger partial charge in [-0.3, -0.25) is 4.79 Å². The molecule has 0 aliphatic carbocycles. The fourth-order valence-corrected chi connectivity index (χ4v) is 1.01. The zero-order valence-electron chi connectivity index (χ0n) is 8.66. The van der Waals surface area contributed by atoms with Gasteiger partial charge < -0.3 is 15.4 Å². The van der Waals surface area contributed by atoms with Crippen molar-refractivity contribution in [3.63, 3.8) is 0 Å². The fraction of sp³-hybridized carbons (Fsp3) is 0.400. The van der Waals surface area contributed by atoms with Gasteiger partial charge in [-0.2, -0.15) is 5.26 Å². The summed E-state index contributed by atoms with van der Waals surface area (Å²) in [5.74, 6) is -0.313. The lowest BCUT2D eigenvalue weighted by molar-refractivity contribution is 0.0869. The summed E-state index contributed by atoms with van der Waals surface area (Å²) >= 11 is 0. The van der Waals surface area contributed by atoms with Crippen molar-refractivity contribution in [1.82, 2.24) is 10.3 Å². The second-order valence-corrected chi connectivity index (χ2v) is 3.91. The molecule has 5 heteroatoms. The van der Waals surface area contributed by atoms with Crippen LogP contribution in [0.5, 0.6) is 0 Å². The van der Waals surface area contributed by atoms with Crippen LogP contribution >= 0.6 is 0 Å². The average molecular weight is 207 g/mol. The van der Waals surface area contributed by atoms with Crippen LogP contribution in [-0.2, 0) is 0 Å². The number of aliphatic hydroxyl groups excluding tert-OH is 1. The van der Waals surface area contributed by atoms with Crippen molar-refractivity contribution in [3.05, 3.63) is 23.5 Å². The number of nitrogens with zero attached hydrogens (tertiary/aromatic N) is 1. The molecule has 0 spiro atoms. The molecule has 1 rings (SSSR count). The number of H-pyrrole nitrogens is 1. The maximum Gasteiger partial charge on any atom is 0.253 e. The number of rotatable bonds is 3. The summed E-state index contributed by atoms with van der Waals surface area (Å²) in [6, 6.07) is 3.36. The van der Waals surface area contributed by atoms with Crippen LogP contribution in [0.3, 0.4) is 0 Å². The molecule has 1 amide bonds. The van der Waals surface area contributed by atoms with Crippen LogP contribution in [0.4, 0.5) is 0 Å². The minimum absolute atomic E-state index is 0.145. The normalized spacial score (nSPS) is 10.8. The van der Waals surface area contributed by atoms with Crippen LogP contribution in [-0.4, -0.2) is 28.1 Å². The number of carbonyl (C=O) groups is 1. The first-order chi connectivity index (χ1) is 6.98. The molecular weight excluding hydrogens is 194 g/mol. The van der Waals surface area contributed by atoms with Crippen LogP contribution in [0.2, 0.25) is 0 Å². The predicted octanol–water partition coefficient (Wildman–Crippen LogP) is 0.387. The van der Waals surface area contributed by atoms with E-state index in [9.17, 15) is 4.79 Å². The molecule has 0 fully saturated rings. The largest absolute Gasteiger partial charge is 0.394 e. The number of aromatic nitrogens is 1. The number of hydrogen-bond donors (Lipinski definition) is 3. The Balaban J connectivity index is 2.74. The fourth-order valence-electron chi connectivity index (χ4n) is 1.01. The molecule has 15 heavy (non-hydrogen) atoms. The Hall–Kier alpha value is -1.80. The summed E-state index contributed by atoms with van der Waals surface area (Å²) < 4.78 is 0. The Morgan fingerprint density at radius 1 is 1.73 bits per heavy atom. The molecule has 0 aliphatic rings. The van der Waals surface area contributed by atoms with Gasteiger partial charge in [0, 0.05) is 6.20 Å². The first-order valence-electron chi connectivity index (χ1n) is 4.50. The smallest absolute Gasteiger partial charge is 0.253 e. The van der Waals surface area contributed by atoms with E-state index in [4.69, 9.17) is 10.4 Å². The Morgan fingerprint density at radius 3 is 2.87 bits per heavy atom. The van der Waals surface area contributed by atoms with Gasteiger partial charge >= 0.3 is 0 Å². The average Bonchev–Trinajstić information content (AvgIpc) is 2.65. The molecule has 80 valence electrons. The Kier molecular flexibility index (Phi) is 3.12. The highest BCUT2D eigenvalue weighted by Gasteiger charge is 2.20. The summed E-state index contributed by atoms with van der Waals surface area (Å²) in [5, 5.41) is 20.2. The number of amides is 1. The number of carbonyl (C=O) groups excluding carboxylic acids is 1. The summed E-state index contributed by atoms with van der Waals surface area (Å²) in [5.41, 5.74) is 0.0521. The summed E-state index contributed by atoms with van der Waals surface area (Å²) in [4.78, 5) is 14.3. The van der Waals surface area contributed by atoms with E-state index in [0.29, 0.717) is 11.3 Å². The molecule has 1 heterocycles. The SMILES string of the molecule is CC(C)(CO)NC(=O)c1c[nH]c(C#N)c1. The maximum atomic E-state index is 11.6. The van der Waals surface area contributed by atoms with Crippen molar-refractivity contribution in [3.8, 4) is 6.07 Å². The van der Waals surface area contributed by atoms with E-state index >= 15 is 0 Å². The van der Waals surface area contributed by atoms with Gasteiger partial charge in [-0.15, -0.1) is 0 Å². The van der Waals surface area contributed by atoms with Crippen molar-refractivity contribution in [1.29, 1.82) is 5.26 Å². The minimum atomic E-state index is -0.666. The Morgan fingerprint density at radius 2 is 2.40 bits per heavy atom. The van der Waals surface area contributed by atoms with Gasteiger partial charge in [-0.1, -0.05) is 0 Å². The Bertz CT molecular complexity index is 401. The number of aliphatic hydroxyl groups is 1. The second kappa shape index (κ2) is 4.15. The molecule has 1 aromatic rings. The third kappa shape index (κ3) is 2.82. The summed E-state index contributed by atoms with van der Waals surface area (Å²) in [6.45, 7) is 3.28. The van der Waals surface area contributed by atoms with Gasteiger partial charge in [0.2, 0.25) is 0 Å². The monoisotopic (exact) mass is 207 g/mol. The lowest BCUT2D eigenvalue weighted by Gasteiger charge is -2.22. The lowest BCUT2D eigenvalue weighted by atomic mass is 10.1. The number of nitriles is 1. The van der Waals surface area contributed by atoms with Crippen molar-refractivity contribution in [2.45, 2.75) is 19.4 Å². The summed E-state index contributed by atoms with van der Waals surface area (Å²) in [7, 11) is 0. The molecule has 5 nitrogen and oxygen atoms in total. The number of nitrogens with one attached hydrogen (secondary N) is 2. The standard InChI is InChI=1S/C10H13N3O2/c1-10(2,6-14)13-9(15)7-3-8(4-11)12-5-7/h3,5,12,14H,6H2,1-2H3,(H,13,15). The maximum absolute atomic E-state index is 11.6. The molecular formula is C10H13N3O2. The van der Waals surface area contributed by atoms with Gasteiger partial charge in [0.25, 0.3) is 5.91 Å². The van der Waals surface area contributed by atoms with Crippen molar-refractivity contribution >= 4 is 5.91 Å². The zero-order valence-corrected chi connectivity index (χ0v) is 8.66. The van der Waals surface area contributed by atoms with Crippen molar-refractivity contribution in [2.75, 3.05) is 6.61 Å². The van der Waals surface area contributed by atoms with Crippen LogP contribution in [0, 0.1) is 11.3 Å². The first kappa shape index (κ1) is 11.3. The van der Waals surface area contributed by atoms with Crippen LogP contribution < -0.4 is 5.32 Å². The topological polar surface area (TPSA) is 88.9 Å². The first-order valence-corrected chi connectivity index (χ1v) is 4.50. The highest BCUT2D eigenvalue weighted by Crippen LogP contribution is 2.06. The predicted molar refractivity (Wildman–Crippen MR) is 54.1 cm³/mol. The van der Waals surface area contributed by atoms with Gasteiger partial charge in [0.15, 0.2) is 0 Å². The van der Waals surface area contributed by atoms with Gasteiger partial charge in [0.05, 0.1) is 17.7 Å². The molecule has 0 aliphatic heterocycles. The molecule has 0 unspecified atom stereocenters. The highest BCUT2D eigenvalue weighted by molar-refractivity contribution is 5.94. The van der Waals surface area contributed by atoms with E-state index in [1.54, 1.807) is 13.8 Å². The molecule has 3 N–H and O–H groups in total. The third-order valence-corrected chi connectivity index (χ3v) is 1.91. The van der Waals surface area contributed by atoms with Crippen LogP contribution in [0.15, 0.2) is 12.3 Å². The molecule has 1 aromatic heterocycles. The quantitative estimate of drug-likeness (QED) is 0.669. The Labute approximate surface area is 87.7 Å². The lowest BCUT2D eigenvalue weighted by Crippen LogP contribution is -2.46. The van der Waals surface area contributed by atoms with Gasteiger partial charge in [0.1, 0.15) is 11.8 Å². The third-order valence-electron chi connectivity index (χ3n) is 1.91. The van der Waals surface area contributed by atoms with Gasteiger partial charge in [-0.25, -0.2) is 0 Å². The molecule has 0 atom stereocenters. The van der Waals surface area contributed by atoms with E-state index in [-0.39, 0.29) is 12.5 Å². The van der Waals surface area contributed by atoms with E-state index in [1.165, 1.54) is 12.3 Å². The molecule has 0 aromatic carbocycles. The van der Waals surface area contributed by atoms with Gasteiger partial charge in [-0.05, 0) is 19.9 Å². The van der Waals surface area contributed by atoms with Crippen molar-refractivity contribution in [2.24, 2.45) is 0 Å². The zero-order chi connectivity index (χ0) is 11.5.